The van der Waals surface area contributed by atoms with Gasteiger partial charge in [0, 0.05) is 32.2 Å². The number of halogens is 2. The standard InChI is InChI=1S/C19H32FN3O2.HI/c1-5-21-18(22-11-6-12-25-14-13-24-4)23-15-19(2,3)16-7-9-17(20)10-8-16;/h7-10H,5-6,11-15H2,1-4H3,(H2,21,22,23);1H. The third-order valence-corrected chi connectivity index (χ3v) is 3.79. The topological polar surface area (TPSA) is 54.9 Å². The molecule has 0 aromatic heterocycles. The van der Waals surface area contributed by atoms with Crippen molar-refractivity contribution in [3.05, 3.63) is 35.6 Å². The van der Waals surface area contributed by atoms with Crippen molar-refractivity contribution in [1.82, 2.24) is 10.6 Å². The number of hydrogen-bond donors (Lipinski definition) is 2. The van der Waals surface area contributed by atoms with Crippen molar-refractivity contribution in [1.29, 1.82) is 0 Å². The average Bonchev–Trinajstić information content (AvgIpc) is 2.59. The Balaban J connectivity index is 0.00000625. The van der Waals surface area contributed by atoms with E-state index in [0.29, 0.717) is 26.4 Å². The molecule has 0 saturated heterocycles. The highest BCUT2D eigenvalue weighted by Crippen LogP contribution is 2.23. The van der Waals surface area contributed by atoms with Gasteiger partial charge in [0.25, 0.3) is 0 Å². The molecule has 1 aromatic rings. The number of methoxy groups -OCH3 is 1. The number of aliphatic imine (C=N–C) groups is 1. The summed E-state index contributed by atoms with van der Waals surface area (Å²) in [5.74, 6) is 0.570. The third-order valence-electron chi connectivity index (χ3n) is 3.79. The Labute approximate surface area is 174 Å². The molecule has 0 radical (unpaired) electrons. The van der Waals surface area contributed by atoms with Crippen molar-refractivity contribution in [2.45, 2.75) is 32.6 Å². The molecule has 0 aliphatic rings. The van der Waals surface area contributed by atoms with Crippen molar-refractivity contribution in [2.24, 2.45) is 4.99 Å². The predicted molar refractivity (Wildman–Crippen MR) is 116 cm³/mol. The number of rotatable bonds is 11. The summed E-state index contributed by atoms with van der Waals surface area (Å²) in [4.78, 5) is 4.67. The maximum absolute atomic E-state index is 13.1. The largest absolute Gasteiger partial charge is 0.382 e. The molecule has 7 heteroatoms. The van der Waals surface area contributed by atoms with Gasteiger partial charge in [-0.25, -0.2) is 4.39 Å². The van der Waals surface area contributed by atoms with E-state index >= 15 is 0 Å². The Morgan fingerprint density at radius 2 is 1.81 bits per heavy atom. The second-order valence-electron chi connectivity index (χ2n) is 6.47. The van der Waals surface area contributed by atoms with Gasteiger partial charge in [0.15, 0.2) is 5.96 Å². The molecule has 1 aromatic carbocycles. The molecular formula is C19H33FIN3O2. The molecule has 0 unspecified atom stereocenters. The summed E-state index contributed by atoms with van der Waals surface area (Å²) in [5, 5.41) is 6.56. The molecular weight excluding hydrogens is 448 g/mol. The monoisotopic (exact) mass is 481 g/mol. The molecule has 0 aliphatic heterocycles. The Kier molecular flexibility index (Phi) is 13.7. The lowest BCUT2D eigenvalue weighted by molar-refractivity contribution is 0.0698. The van der Waals surface area contributed by atoms with Gasteiger partial charge >= 0.3 is 0 Å². The molecule has 1 rings (SSSR count). The molecule has 0 heterocycles. The first kappa shape index (κ1) is 25.1. The van der Waals surface area contributed by atoms with Crippen LogP contribution in [0.15, 0.2) is 29.3 Å². The van der Waals surface area contributed by atoms with E-state index in [-0.39, 0.29) is 35.2 Å². The summed E-state index contributed by atoms with van der Waals surface area (Å²) in [6, 6.07) is 6.63. The van der Waals surface area contributed by atoms with Crippen molar-refractivity contribution in [2.75, 3.05) is 46.6 Å². The molecule has 0 aliphatic carbocycles. The SMILES string of the molecule is CCNC(=NCC(C)(C)c1ccc(F)cc1)NCCCOCCOC.I. The van der Waals surface area contributed by atoms with E-state index in [2.05, 4.69) is 29.5 Å². The highest BCUT2D eigenvalue weighted by atomic mass is 127. The van der Waals surface area contributed by atoms with Gasteiger partial charge in [-0.05, 0) is 31.0 Å². The Morgan fingerprint density at radius 1 is 1.12 bits per heavy atom. The normalized spacial score (nSPS) is 11.8. The summed E-state index contributed by atoms with van der Waals surface area (Å²) in [7, 11) is 1.66. The minimum absolute atomic E-state index is 0. The fraction of sp³-hybridized carbons (Fsp3) is 0.632. The molecule has 0 spiro atoms. The van der Waals surface area contributed by atoms with Gasteiger partial charge in [-0.1, -0.05) is 26.0 Å². The van der Waals surface area contributed by atoms with Crippen LogP contribution in [0, 0.1) is 5.82 Å². The maximum atomic E-state index is 13.1. The van der Waals surface area contributed by atoms with Crippen molar-refractivity contribution in [3.8, 4) is 0 Å². The summed E-state index contributed by atoms with van der Waals surface area (Å²) in [5.41, 5.74) is 0.902. The van der Waals surface area contributed by atoms with Crippen LogP contribution in [0.1, 0.15) is 32.8 Å². The van der Waals surface area contributed by atoms with Crippen molar-refractivity contribution < 1.29 is 13.9 Å². The minimum atomic E-state index is -0.217. The zero-order valence-electron chi connectivity index (χ0n) is 16.3. The first-order valence-corrected chi connectivity index (χ1v) is 8.84. The van der Waals surface area contributed by atoms with Gasteiger partial charge in [0.1, 0.15) is 5.82 Å². The van der Waals surface area contributed by atoms with Crippen LogP contribution in [-0.4, -0.2) is 52.5 Å². The number of nitrogens with one attached hydrogen (secondary N) is 2. The van der Waals surface area contributed by atoms with E-state index in [9.17, 15) is 4.39 Å². The van der Waals surface area contributed by atoms with E-state index in [1.807, 2.05) is 19.1 Å². The summed E-state index contributed by atoms with van der Waals surface area (Å²) in [6.07, 6.45) is 0.898. The van der Waals surface area contributed by atoms with Crippen molar-refractivity contribution in [3.63, 3.8) is 0 Å². The molecule has 0 saturated carbocycles. The highest BCUT2D eigenvalue weighted by molar-refractivity contribution is 14.0. The lowest BCUT2D eigenvalue weighted by Gasteiger charge is -2.24. The number of ether oxygens (including phenoxy) is 2. The third kappa shape index (κ3) is 10.3. The van der Waals surface area contributed by atoms with E-state index in [1.165, 1.54) is 12.1 Å². The molecule has 2 N–H and O–H groups in total. The fourth-order valence-corrected chi connectivity index (χ4v) is 2.24. The predicted octanol–water partition coefficient (Wildman–Crippen LogP) is 3.33. The van der Waals surface area contributed by atoms with Gasteiger partial charge < -0.3 is 20.1 Å². The summed E-state index contributed by atoms with van der Waals surface area (Å²) >= 11 is 0. The van der Waals surface area contributed by atoms with Crippen LogP contribution < -0.4 is 10.6 Å². The first-order chi connectivity index (χ1) is 12.0. The number of guanidine groups is 1. The van der Waals surface area contributed by atoms with E-state index in [1.54, 1.807) is 7.11 Å². The molecule has 0 fully saturated rings. The Bertz CT molecular complexity index is 510. The van der Waals surface area contributed by atoms with Gasteiger partial charge in [-0.3, -0.25) is 4.99 Å². The van der Waals surface area contributed by atoms with E-state index < -0.39 is 0 Å². The molecule has 150 valence electrons. The molecule has 5 nitrogen and oxygen atoms in total. The van der Waals surface area contributed by atoms with Crippen LogP contribution in [0.3, 0.4) is 0 Å². The molecule has 0 bridgehead atoms. The van der Waals surface area contributed by atoms with Crippen LogP contribution in [0.25, 0.3) is 0 Å². The van der Waals surface area contributed by atoms with Crippen LogP contribution >= 0.6 is 24.0 Å². The number of benzene rings is 1. The van der Waals surface area contributed by atoms with Gasteiger partial charge in [-0.15, -0.1) is 24.0 Å². The number of nitrogens with zero attached hydrogens (tertiary/aromatic N) is 1. The second-order valence-corrected chi connectivity index (χ2v) is 6.47. The van der Waals surface area contributed by atoms with Gasteiger partial charge in [0.2, 0.25) is 0 Å². The Morgan fingerprint density at radius 3 is 2.42 bits per heavy atom. The molecule has 26 heavy (non-hydrogen) atoms. The van der Waals surface area contributed by atoms with Gasteiger partial charge in [-0.2, -0.15) is 0 Å². The number of hydrogen-bond acceptors (Lipinski definition) is 3. The van der Waals surface area contributed by atoms with Crippen LogP contribution in [-0.2, 0) is 14.9 Å². The quantitative estimate of drug-likeness (QED) is 0.221. The zero-order valence-corrected chi connectivity index (χ0v) is 18.6. The summed E-state index contributed by atoms with van der Waals surface area (Å²) < 4.78 is 23.5. The second kappa shape index (κ2) is 14.2. The maximum Gasteiger partial charge on any atom is 0.191 e. The van der Waals surface area contributed by atoms with Crippen LogP contribution in [0.2, 0.25) is 0 Å². The highest BCUT2D eigenvalue weighted by Gasteiger charge is 2.20. The van der Waals surface area contributed by atoms with E-state index in [0.717, 1.165) is 31.0 Å². The molecule has 0 atom stereocenters. The average molecular weight is 481 g/mol. The van der Waals surface area contributed by atoms with Gasteiger partial charge in [0.05, 0.1) is 19.8 Å². The molecule has 0 amide bonds. The summed E-state index contributed by atoms with van der Waals surface area (Å²) in [6.45, 7) is 10.4. The lowest BCUT2D eigenvalue weighted by atomic mass is 9.85. The minimum Gasteiger partial charge on any atom is -0.382 e. The Hall–Kier alpha value is -0.930. The van der Waals surface area contributed by atoms with Crippen LogP contribution in [0.4, 0.5) is 4.39 Å². The van der Waals surface area contributed by atoms with E-state index in [4.69, 9.17) is 9.47 Å². The fourth-order valence-electron chi connectivity index (χ4n) is 2.24. The zero-order chi connectivity index (χ0) is 18.5. The first-order valence-electron chi connectivity index (χ1n) is 8.84. The lowest BCUT2D eigenvalue weighted by Crippen LogP contribution is -2.39. The van der Waals surface area contributed by atoms with Crippen LogP contribution in [0.5, 0.6) is 0 Å². The van der Waals surface area contributed by atoms with Crippen molar-refractivity contribution >= 4 is 29.9 Å². The smallest absolute Gasteiger partial charge is 0.191 e.